The molecular formula is C50H52F10N10O4. The lowest BCUT2D eigenvalue weighted by Gasteiger charge is -2.27. The molecule has 2 aliphatic heterocycles. The van der Waals surface area contributed by atoms with E-state index in [9.17, 15) is 53.5 Å². The molecule has 5 aromatic rings. The maximum atomic E-state index is 14.7. The van der Waals surface area contributed by atoms with Crippen molar-refractivity contribution in [2.24, 2.45) is 25.9 Å². The highest BCUT2D eigenvalue weighted by molar-refractivity contribution is 5.96. The maximum absolute atomic E-state index is 14.7. The Morgan fingerprint density at radius 2 is 1.42 bits per heavy atom. The van der Waals surface area contributed by atoms with Gasteiger partial charge in [-0.3, -0.25) is 19.2 Å². The van der Waals surface area contributed by atoms with E-state index in [1.54, 1.807) is 36.4 Å². The lowest BCUT2D eigenvalue weighted by atomic mass is 9.83. The number of ether oxygens (including phenoxy) is 2. The Balaban J connectivity index is 1.03. The summed E-state index contributed by atoms with van der Waals surface area (Å²) < 4.78 is 157. The molecule has 0 radical (unpaired) electrons. The van der Waals surface area contributed by atoms with Gasteiger partial charge >= 0.3 is 24.4 Å². The molecule has 3 aromatic carbocycles. The first-order valence-electron chi connectivity index (χ1n) is 23.4. The number of urea groups is 2. The van der Waals surface area contributed by atoms with E-state index in [0.29, 0.717) is 35.5 Å². The van der Waals surface area contributed by atoms with E-state index < -0.39 is 106 Å². The third-order valence-corrected chi connectivity index (χ3v) is 13.6. The number of halogens is 10. The first-order valence-corrected chi connectivity index (χ1v) is 23.4. The molecule has 2 aromatic heterocycles. The molecule has 4 N–H and O–H groups in total. The highest BCUT2D eigenvalue weighted by atomic mass is 19.4. The number of aryl methyl sites for hydroxylation is 2. The molecule has 6 atom stereocenters. The normalized spacial score (nSPS) is 21.1. The summed E-state index contributed by atoms with van der Waals surface area (Å²) in [6, 6.07) is 13.8. The summed E-state index contributed by atoms with van der Waals surface area (Å²) in [5.74, 6) is -6.03. The van der Waals surface area contributed by atoms with Crippen LogP contribution in [-0.4, -0.2) is 114 Å². The summed E-state index contributed by atoms with van der Waals surface area (Å²) >= 11 is 0. The summed E-state index contributed by atoms with van der Waals surface area (Å²) in [7, 11) is 5.27. The van der Waals surface area contributed by atoms with E-state index in [4.69, 9.17) is 9.47 Å². The lowest BCUT2D eigenvalue weighted by Crippen LogP contribution is -2.44. The van der Waals surface area contributed by atoms with E-state index >= 15 is 0 Å². The zero-order chi connectivity index (χ0) is 53.2. The van der Waals surface area contributed by atoms with Crippen LogP contribution in [-0.2, 0) is 35.9 Å². The van der Waals surface area contributed by atoms with Crippen molar-refractivity contribution in [2.75, 3.05) is 70.7 Å². The number of nitrogens with zero attached hydrogens (tertiary/aromatic N) is 6. The SMILES string of the molecule is COCCN1C[C@@H](NC(=O)Nc2c(C(F)(F)F)nn(C)c2-c2cccc(C(CN3C[C@@H](NC(=O)Nc4c(-c5ccccc5)nn(C)c4C(F)(F)F)[C@H](c4ccc(F)c(F)c4)C3)OC)c2)[C@H](C2C=C(F)C(F)=CC2)C1. The van der Waals surface area contributed by atoms with Gasteiger partial charge in [-0.1, -0.05) is 54.6 Å². The average Bonchev–Trinajstić information content (AvgIpc) is 4.12. The van der Waals surface area contributed by atoms with Crippen molar-refractivity contribution >= 4 is 23.4 Å². The topological polar surface area (TPSA) is 143 Å². The number of benzene rings is 3. The second-order valence-corrected chi connectivity index (χ2v) is 18.4. The van der Waals surface area contributed by atoms with E-state index in [1.807, 2.05) is 9.80 Å². The predicted molar refractivity (Wildman–Crippen MR) is 253 cm³/mol. The molecule has 74 heavy (non-hydrogen) atoms. The van der Waals surface area contributed by atoms with Crippen molar-refractivity contribution in [2.45, 2.75) is 42.9 Å². The third kappa shape index (κ3) is 11.8. The Kier molecular flexibility index (Phi) is 15.9. The number of aromatic nitrogens is 4. The fourth-order valence-corrected chi connectivity index (χ4v) is 10.1. The zero-order valence-electron chi connectivity index (χ0n) is 40.3. The minimum atomic E-state index is -5.04. The minimum Gasteiger partial charge on any atom is -0.383 e. The molecule has 3 aliphatic rings. The Labute approximate surface area is 418 Å². The van der Waals surface area contributed by atoms with E-state index in [2.05, 4.69) is 31.5 Å². The van der Waals surface area contributed by atoms with Gasteiger partial charge in [0, 0.05) is 90.7 Å². The van der Waals surface area contributed by atoms with Crippen molar-refractivity contribution in [1.29, 1.82) is 0 Å². The molecule has 2 fully saturated rings. The van der Waals surface area contributed by atoms with E-state index in [0.717, 1.165) is 36.0 Å². The van der Waals surface area contributed by atoms with Gasteiger partial charge in [-0.05, 0) is 59.7 Å². The van der Waals surface area contributed by atoms with Crippen molar-refractivity contribution < 1.29 is 63.0 Å². The van der Waals surface area contributed by atoms with Crippen molar-refractivity contribution in [3.05, 3.63) is 131 Å². The second-order valence-electron chi connectivity index (χ2n) is 18.4. The van der Waals surface area contributed by atoms with Crippen LogP contribution in [0.3, 0.4) is 0 Å². The third-order valence-electron chi connectivity index (χ3n) is 13.6. The number of allylic oxidation sites excluding steroid dienone is 4. The summed E-state index contributed by atoms with van der Waals surface area (Å²) in [5.41, 5.74) is -2.95. The molecule has 24 heteroatoms. The van der Waals surface area contributed by atoms with Crippen molar-refractivity contribution in [3.63, 3.8) is 0 Å². The summed E-state index contributed by atoms with van der Waals surface area (Å²) in [6.07, 6.45) is -8.38. The van der Waals surface area contributed by atoms with Gasteiger partial charge < -0.3 is 30.7 Å². The van der Waals surface area contributed by atoms with Crippen LogP contribution < -0.4 is 21.3 Å². The van der Waals surface area contributed by atoms with Crippen LogP contribution >= 0.6 is 0 Å². The van der Waals surface area contributed by atoms with E-state index in [1.165, 1.54) is 45.5 Å². The highest BCUT2D eigenvalue weighted by Gasteiger charge is 2.44. The molecule has 14 nitrogen and oxygen atoms in total. The summed E-state index contributed by atoms with van der Waals surface area (Å²) in [4.78, 5) is 31.4. The number of anilines is 2. The molecule has 4 amide bonds. The Bertz CT molecular complexity index is 2910. The highest BCUT2D eigenvalue weighted by Crippen LogP contribution is 2.43. The smallest absolute Gasteiger partial charge is 0.383 e. The molecular weight excluding hydrogens is 995 g/mol. The number of methoxy groups -OCH3 is 2. The van der Waals surface area contributed by atoms with Gasteiger partial charge in [0.1, 0.15) is 17.1 Å². The van der Waals surface area contributed by atoms with Gasteiger partial charge in [-0.25, -0.2) is 27.2 Å². The summed E-state index contributed by atoms with van der Waals surface area (Å²) in [5, 5.41) is 18.1. The molecule has 2 saturated heterocycles. The van der Waals surface area contributed by atoms with Gasteiger partial charge in [0.05, 0.1) is 24.4 Å². The van der Waals surface area contributed by atoms with Gasteiger partial charge in [-0.2, -0.15) is 36.5 Å². The summed E-state index contributed by atoms with van der Waals surface area (Å²) in [6.45, 7) is 1.56. The first kappa shape index (κ1) is 53.5. The number of rotatable bonds is 15. The number of carbonyl (C=O) groups is 2. The van der Waals surface area contributed by atoms with Crippen molar-refractivity contribution in [1.82, 2.24) is 40.0 Å². The van der Waals surface area contributed by atoms with Crippen molar-refractivity contribution in [3.8, 4) is 22.5 Å². The molecule has 0 saturated carbocycles. The molecule has 0 spiro atoms. The number of hydrogen-bond donors (Lipinski definition) is 4. The quantitative estimate of drug-likeness (QED) is 0.0760. The minimum absolute atomic E-state index is 0.0206. The Hall–Kier alpha value is -6.76. The van der Waals surface area contributed by atoms with Crippen LogP contribution in [0.1, 0.15) is 41.0 Å². The number of likely N-dealkylation sites (tertiary alicyclic amines) is 2. The molecule has 396 valence electrons. The van der Waals surface area contributed by atoms with Crippen LogP contribution in [0.2, 0.25) is 0 Å². The largest absolute Gasteiger partial charge is 0.437 e. The van der Waals surface area contributed by atoms with Gasteiger partial charge in [0.25, 0.3) is 0 Å². The zero-order valence-corrected chi connectivity index (χ0v) is 40.3. The Morgan fingerprint density at radius 3 is 2.08 bits per heavy atom. The predicted octanol–water partition coefficient (Wildman–Crippen LogP) is 9.58. The fourth-order valence-electron chi connectivity index (χ4n) is 10.1. The average molecular weight is 1050 g/mol. The first-order chi connectivity index (χ1) is 35.1. The molecule has 2 unspecified atom stereocenters. The molecule has 1 aliphatic carbocycles. The standard InChI is InChI=1S/C50H52F10N10O4/c1-67-44(43(45(66-67)49(55,56)57)64-48(72)61-38-24-69(17-18-73-3)22-32(38)28-13-15-34(51)36(53)20-28)31-12-8-11-30(19-31)40(74-4)26-70-23-33(29-14-16-35(52)37(54)21-29)39(25-70)62-47(71)63-42-41(27-9-6-5-7-10-27)65-68(2)46(42)50(58,59)60/h5-12,14-16,19-21,28,32-33,38-40H,13,17-18,22-26H2,1-4H3,(H2,61,64,72)(H2,62,63,71)/t28?,32-,33-,38+,39+,40?/m0/s1. The monoisotopic (exact) mass is 1050 g/mol. The Morgan fingerprint density at radius 1 is 0.730 bits per heavy atom. The second kappa shape index (κ2) is 22.0. The van der Waals surface area contributed by atoms with Gasteiger partial charge in [-0.15, -0.1) is 0 Å². The van der Waals surface area contributed by atoms with Crippen LogP contribution in [0.15, 0.2) is 96.6 Å². The van der Waals surface area contributed by atoms with Gasteiger partial charge in [0.15, 0.2) is 34.7 Å². The lowest BCUT2D eigenvalue weighted by molar-refractivity contribution is -0.143. The van der Waals surface area contributed by atoms with Crippen LogP contribution in [0.4, 0.5) is 64.9 Å². The maximum Gasteiger partial charge on any atom is 0.437 e. The number of amides is 4. The number of carbonyl (C=O) groups excluding carboxylic acids is 2. The van der Waals surface area contributed by atoms with Crippen LogP contribution in [0, 0.1) is 23.5 Å². The number of nitrogens with one attached hydrogen (secondary N) is 4. The van der Waals surface area contributed by atoms with E-state index in [-0.39, 0.29) is 55.1 Å². The molecule has 4 heterocycles. The molecule has 8 rings (SSSR count). The molecule has 0 bridgehead atoms. The number of hydrogen-bond acceptors (Lipinski definition) is 8. The number of alkyl halides is 6. The fraction of sp³-hybridized carbons (Fsp3) is 0.400. The van der Waals surface area contributed by atoms with Gasteiger partial charge in [0.2, 0.25) is 0 Å². The van der Waals surface area contributed by atoms with Crippen LogP contribution in [0.25, 0.3) is 22.5 Å². The van der Waals surface area contributed by atoms with Crippen LogP contribution in [0.5, 0.6) is 0 Å².